The third-order valence-electron chi connectivity index (χ3n) is 7.77. The van der Waals surface area contributed by atoms with E-state index in [4.69, 9.17) is 9.94 Å². The van der Waals surface area contributed by atoms with Gasteiger partial charge in [-0.3, -0.25) is 19.7 Å². The van der Waals surface area contributed by atoms with E-state index in [1.807, 2.05) is 43.3 Å². The van der Waals surface area contributed by atoms with Crippen molar-refractivity contribution in [1.82, 2.24) is 20.3 Å². The van der Waals surface area contributed by atoms with Crippen LogP contribution in [0.25, 0.3) is 11.3 Å². The summed E-state index contributed by atoms with van der Waals surface area (Å²) in [4.78, 5) is 27.7. The van der Waals surface area contributed by atoms with Crippen LogP contribution in [0.4, 0.5) is 0 Å². The highest BCUT2D eigenvalue weighted by Gasteiger charge is 2.24. The van der Waals surface area contributed by atoms with Crippen molar-refractivity contribution in [2.24, 2.45) is 0 Å². The molecule has 2 aliphatic rings. The molecule has 2 amide bonds. The minimum absolute atomic E-state index is 0.0248. The second-order valence-corrected chi connectivity index (χ2v) is 10.2. The molecule has 1 saturated heterocycles. The predicted octanol–water partition coefficient (Wildman–Crippen LogP) is 3.59. The van der Waals surface area contributed by atoms with E-state index in [0.29, 0.717) is 12.0 Å². The molecule has 8 nitrogen and oxygen atoms in total. The van der Waals surface area contributed by atoms with E-state index < -0.39 is 5.91 Å². The van der Waals surface area contributed by atoms with E-state index in [0.717, 1.165) is 92.3 Å². The molecule has 200 valence electrons. The largest absolute Gasteiger partial charge is 0.379 e. The summed E-state index contributed by atoms with van der Waals surface area (Å²) in [6, 6.07) is 17.8. The third kappa shape index (κ3) is 5.83. The first-order chi connectivity index (χ1) is 18.5. The van der Waals surface area contributed by atoms with Crippen molar-refractivity contribution >= 4 is 11.8 Å². The molecule has 3 aromatic rings. The van der Waals surface area contributed by atoms with Gasteiger partial charge in [-0.2, -0.15) is 0 Å². The van der Waals surface area contributed by atoms with Crippen molar-refractivity contribution in [2.75, 3.05) is 32.8 Å². The number of nitrogens with zero attached hydrogens (tertiary/aromatic N) is 2. The van der Waals surface area contributed by atoms with Gasteiger partial charge in [-0.25, -0.2) is 5.48 Å². The average molecular weight is 517 g/mol. The Hall–Kier alpha value is -3.46. The summed E-state index contributed by atoms with van der Waals surface area (Å²) in [7, 11) is 0. The second-order valence-electron chi connectivity index (χ2n) is 10.2. The first kappa shape index (κ1) is 26.2. The Morgan fingerprint density at radius 1 is 1.00 bits per heavy atom. The predicted molar refractivity (Wildman–Crippen MR) is 145 cm³/mol. The van der Waals surface area contributed by atoms with E-state index in [9.17, 15) is 9.59 Å². The lowest BCUT2D eigenvalue weighted by atomic mass is 9.87. The van der Waals surface area contributed by atoms with Gasteiger partial charge < -0.3 is 14.6 Å². The van der Waals surface area contributed by atoms with Gasteiger partial charge in [-0.15, -0.1) is 0 Å². The summed E-state index contributed by atoms with van der Waals surface area (Å²) < 4.78 is 7.76. The summed E-state index contributed by atoms with van der Waals surface area (Å²) >= 11 is 0. The molecule has 1 aliphatic heterocycles. The van der Waals surface area contributed by atoms with Gasteiger partial charge in [0.2, 0.25) is 0 Å². The maximum absolute atomic E-state index is 13.5. The number of carbonyl (C=O) groups excluding carboxylic acids is 2. The standard InChI is InChI=1S/C30H36N4O4/c1-21-27(30(36)31-26-11-10-23-18-25(29(35)32-37)9-8-24(23)19-26)20-28(22-6-3-2-4-7-22)34(21)13-5-12-33-14-16-38-17-15-33/h2-4,6-9,18,20,26,37H,5,10-17,19H2,1H3,(H,31,36)(H,32,35). The zero-order chi connectivity index (χ0) is 26.5. The Balaban J connectivity index is 1.30. The molecule has 1 atom stereocenters. The van der Waals surface area contributed by atoms with Gasteiger partial charge in [0, 0.05) is 49.2 Å². The Morgan fingerprint density at radius 3 is 2.55 bits per heavy atom. The number of hydroxylamine groups is 1. The van der Waals surface area contributed by atoms with Crippen LogP contribution in [0.2, 0.25) is 0 Å². The number of hydrogen-bond acceptors (Lipinski definition) is 5. The van der Waals surface area contributed by atoms with Gasteiger partial charge in [0.25, 0.3) is 11.8 Å². The minimum Gasteiger partial charge on any atom is -0.379 e. The van der Waals surface area contributed by atoms with Crippen LogP contribution in [0.1, 0.15) is 50.4 Å². The molecule has 38 heavy (non-hydrogen) atoms. The zero-order valence-electron chi connectivity index (χ0n) is 21.9. The molecule has 0 saturated carbocycles. The van der Waals surface area contributed by atoms with Crippen molar-refractivity contribution in [1.29, 1.82) is 0 Å². The van der Waals surface area contributed by atoms with Crippen LogP contribution in [0.3, 0.4) is 0 Å². The number of benzene rings is 2. The molecule has 0 spiro atoms. The Morgan fingerprint density at radius 2 is 1.79 bits per heavy atom. The zero-order valence-corrected chi connectivity index (χ0v) is 21.9. The molecule has 2 heterocycles. The van der Waals surface area contributed by atoms with Crippen molar-refractivity contribution < 1.29 is 19.5 Å². The molecule has 1 aromatic heterocycles. The Bertz CT molecular complexity index is 1280. The summed E-state index contributed by atoms with van der Waals surface area (Å²) in [5.74, 6) is -0.557. The highest BCUT2D eigenvalue weighted by atomic mass is 16.5. The van der Waals surface area contributed by atoms with Crippen LogP contribution in [0, 0.1) is 6.92 Å². The number of carbonyl (C=O) groups is 2. The molecule has 1 fully saturated rings. The number of ether oxygens (including phenoxy) is 1. The molecule has 3 N–H and O–H groups in total. The number of amides is 2. The van der Waals surface area contributed by atoms with E-state index >= 15 is 0 Å². The normalized spacial score (nSPS) is 17.6. The van der Waals surface area contributed by atoms with E-state index in [-0.39, 0.29) is 11.9 Å². The number of aromatic nitrogens is 1. The Labute approximate surface area is 223 Å². The van der Waals surface area contributed by atoms with Gasteiger partial charge in [-0.1, -0.05) is 36.4 Å². The molecule has 1 aliphatic carbocycles. The molecular formula is C30H36N4O4. The molecular weight excluding hydrogens is 480 g/mol. The number of fused-ring (bicyclic) bond motifs is 1. The minimum atomic E-state index is -0.512. The van der Waals surface area contributed by atoms with Crippen LogP contribution in [0.5, 0.6) is 0 Å². The Kier molecular flexibility index (Phi) is 8.22. The number of morpholine rings is 1. The van der Waals surface area contributed by atoms with Gasteiger partial charge in [0.1, 0.15) is 0 Å². The highest BCUT2D eigenvalue weighted by molar-refractivity contribution is 5.97. The summed E-state index contributed by atoms with van der Waals surface area (Å²) in [5.41, 5.74) is 8.22. The van der Waals surface area contributed by atoms with Gasteiger partial charge in [0.15, 0.2) is 0 Å². The van der Waals surface area contributed by atoms with Crippen molar-refractivity contribution in [3.8, 4) is 11.3 Å². The molecule has 2 aromatic carbocycles. The van der Waals surface area contributed by atoms with Gasteiger partial charge in [0.05, 0.1) is 18.8 Å². The molecule has 1 unspecified atom stereocenters. The molecule has 0 bridgehead atoms. The smallest absolute Gasteiger partial charge is 0.274 e. The van der Waals surface area contributed by atoms with Crippen molar-refractivity contribution in [2.45, 2.75) is 45.2 Å². The number of nitrogens with one attached hydrogen (secondary N) is 2. The van der Waals surface area contributed by atoms with E-state index in [2.05, 4.69) is 26.9 Å². The maximum atomic E-state index is 13.5. The van der Waals surface area contributed by atoms with E-state index in [1.165, 1.54) is 0 Å². The fourth-order valence-electron chi connectivity index (χ4n) is 5.64. The summed E-state index contributed by atoms with van der Waals surface area (Å²) in [5, 5.41) is 12.2. The van der Waals surface area contributed by atoms with Crippen LogP contribution >= 0.6 is 0 Å². The number of aryl methyl sites for hydroxylation is 1. The maximum Gasteiger partial charge on any atom is 0.274 e. The molecule has 0 radical (unpaired) electrons. The lowest BCUT2D eigenvalue weighted by Gasteiger charge is -2.27. The second kappa shape index (κ2) is 11.9. The quantitative estimate of drug-likeness (QED) is 0.314. The molecule has 8 heteroatoms. The van der Waals surface area contributed by atoms with Gasteiger partial charge in [-0.05, 0) is 67.5 Å². The lowest BCUT2D eigenvalue weighted by Crippen LogP contribution is -2.39. The fourth-order valence-corrected chi connectivity index (χ4v) is 5.64. The van der Waals surface area contributed by atoms with Crippen LogP contribution < -0.4 is 10.8 Å². The monoisotopic (exact) mass is 516 g/mol. The van der Waals surface area contributed by atoms with Crippen LogP contribution in [-0.4, -0.2) is 65.4 Å². The van der Waals surface area contributed by atoms with Crippen molar-refractivity contribution in [3.05, 3.63) is 82.5 Å². The summed E-state index contributed by atoms with van der Waals surface area (Å²) in [6.45, 7) is 7.45. The van der Waals surface area contributed by atoms with Crippen LogP contribution in [-0.2, 0) is 24.1 Å². The van der Waals surface area contributed by atoms with Crippen LogP contribution in [0.15, 0.2) is 54.6 Å². The van der Waals surface area contributed by atoms with E-state index in [1.54, 1.807) is 11.5 Å². The third-order valence-corrected chi connectivity index (χ3v) is 7.77. The fraction of sp³-hybridized carbons (Fsp3) is 0.400. The first-order valence-corrected chi connectivity index (χ1v) is 13.5. The average Bonchev–Trinajstić information content (AvgIpc) is 3.29. The topological polar surface area (TPSA) is 95.8 Å². The first-order valence-electron chi connectivity index (χ1n) is 13.5. The van der Waals surface area contributed by atoms with Gasteiger partial charge >= 0.3 is 0 Å². The SMILES string of the molecule is Cc1c(C(=O)NC2CCc3cc(C(=O)NO)ccc3C2)cc(-c2ccccc2)n1CCCN1CCOCC1. The number of hydrogen-bond donors (Lipinski definition) is 3. The number of rotatable bonds is 8. The lowest BCUT2D eigenvalue weighted by molar-refractivity contribution is 0.0369. The highest BCUT2D eigenvalue weighted by Crippen LogP contribution is 2.28. The summed E-state index contributed by atoms with van der Waals surface area (Å²) in [6.07, 6.45) is 3.29. The molecule has 5 rings (SSSR count). The van der Waals surface area contributed by atoms with Crippen molar-refractivity contribution in [3.63, 3.8) is 0 Å².